The van der Waals surface area contributed by atoms with Crippen LogP contribution in [0, 0.1) is 5.92 Å². The molecular formula is C18H26N4O3. The molecule has 2 aliphatic rings. The fraction of sp³-hybridized carbons (Fsp3) is 0.611. The number of rotatable bonds is 4. The second kappa shape index (κ2) is 7.39. The minimum Gasteiger partial charge on any atom is -0.371 e. The molecule has 1 aromatic heterocycles. The molecular weight excluding hydrogens is 320 g/mol. The summed E-state index contributed by atoms with van der Waals surface area (Å²) in [5.41, 5.74) is 6.78. The van der Waals surface area contributed by atoms with Gasteiger partial charge in [0.05, 0.1) is 17.4 Å². The van der Waals surface area contributed by atoms with Gasteiger partial charge in [0, 0.05) is 39.6 Å². The summed E-state index contributed by atoms with van der Waals surface area (Å²) in [6.45, 7) is 1.70. The number of hydrogen-bond acceptors (Lipinski definition) is 5. The monoisotopic (exact) mass is 346 g/mol. The summed E-state index contributed by atoms with van der Waals surface area (Å²) >= 11 is 0. The Kier molecular flexibility index (Phi) is 5.22. The van der Waals surface area contributed by atoms with Gasteiger partial charge in [-0.05, 0) is 37.7 Å². The number of aromatic nitrogens is 1. The van der Waals surface area contributed by atoms with Gasteiger partial charge in [0.15, 0.2) is 0 Å². The van der Waals surface area contributed by atoms with Crippen molar-refractivity contribution in [1.82, 2.24) is 9.88 Å². The fourth-order valence-corrected chi connectivity index (χ4v) is 3.84. The molecule has 7 heteroatoms. The number of nitrogens with zero attached hydrogens (tertiary/aromatic N) is 3. The highest BCUT2D eigenvalue weighted by Crippen LogP contribution is 2.34. The molecule has 2 N–H and O–H groups in total. The molecule has 136 valence electrons. The number of carbonyl (C=O) groups excluding carboxylic acids is 2. The molecule has 0 aliphatic carbocycles. The van der Waals surface area contributed by atoms with Crippen molar-refractivity contribution in [3.05, 3.63) is 24.0 Å². The van der Waals surface area contributed by atoms with Crippen LogP contribution in [0.4, 0.5) is 5.69 Å². The van der Waals surface area contributed by atoms with Crippen LogP contribution in [0.3, 0.4) is 0 Å². The number of likely N-dealkylation sites (N-methyl/N-ethyl adjacent to an activating group) is 1. The van der Waals surface area contributed by atoms with Crippen LogP contribution in [0.5, 0.6) is 0 Å². The SMILES string of the molecule is CN(C)C(=O)[C@H]1CC[C@@H](C2CCN(c3ccncc3C(N)=O)CC2)O1. The minimum absolute atomic E-state index is 0.0582. The molecule has 1 aromatic rings. The van der Waals surface area contributed by atoms with Crippen molar-refractivity contribution in [2.75, 3.05) is 32.1 Å². The third-order valence-electron chi connectivity index (χ3n) is 5.24. The van der Waals surface area contributed by atoms with Crippen LogP contribution < -0.4 is 10.6 Å². The predicted molar refractivity (Wildman–Crippen MR) is 94.3 cm³/mol. The van der Waals surface area contributed by atoms with Crippen LogP contribution in [0.2, 0.25) is 0 Å². The van der Waals surface area contributed by atoms with Crippen molar-refractivity contribution in [3.8, 4) is 0 Å². The highest BCUT2D eigenvalue weighted by Gasteiger charge is 2.37. The Labute approximate surface area is 148 Å². The van der Waals surface area contributed by atoms with E-state index in [9.17, 15) is 9.59 Å². The molecule has 2 saturated heterocycles. The van der Waals surface area contributed by atoms with E-state index < -0.39 is 5.91 Å². The van der Waals surface area contributed by atoms with E-state index in [4.69, 9.17) is 10.5 Å². The first-order valence-corrected chi connectivity index (χ1v) is 8.82. The Morgan fingerprint density at radius 3 is 2.60 bits per heavy atom. The summed E-state index contributed by atoms with van der Waals surface area (Å²) in [7, 11) is 3.53. The van der Waals surface area contributed by atoms with Gasteiger partial charge in [-0.2, -0.15) is 0 Å². The van der Waals surface area contributed by atoms with Crippen molar-refractivity contribution < 1.29 is 14.3 Å². The van der Waals surface area contributed by atoms with E-state index in [1.807, 2.05) is 6.07 Å². The van der Waals surface area contributed by atoms with Gasteiger partial charge in [-0.25, -0.2) is 0 Å². The van der Waals surface area contributed by atoms with Gasteiger partial charge in [-0.3, -0.25) is 14.6 Å². The molecule has 0 radical (unpaired) electrons. The number of nitrogens with two attached hydrogens (primary N) is 1. The first kappa shape index (κ1) is 17.7. The number of amides is 2. The van der Waals surface area contributed by atoms with Gasteiger partial charge < -0.3 is 20.3 Å². The third kappa shape index (κ3) is 3.76. The van der Waals surface area contributed by atoms with E-state index in [2.05, 4.69) is 9.88 Å². The molecule has 0 bridgehead atoms. The molecule has 2 amide bonds. The highest BCUT2D eigenvalue weighted by atomic mass is 16.5. The van der Waals surface area contributed by atoms with E-state index >= 15 is 0 Å². The maximum absolute atomic E-state index is 12.1. The quantitative estimate of drug-likeness (QED) is 0.880. The number of piperidine rings is 1. The molecule has 0 saturated carbocycles. The zero-order chi connectivity index (χ0) is 18.0. The second-order valence-electron chi connectivity index (χ2n) is 7.05. The molecule has 0 aromatic carbocycles. The standard InChI is InChI=1S/C18H26N4O3/c1-21(2)18(24)16-4-3-15(25-16)12-6-9-22(10-7-12)14-5-8-20-11-13(14)17(19)23/h5,8,11-12,15-16H,3-4,6-7,9-10H2,1-2H3,(H2,19,23)/t15-,16+/m0/s1. The van der Waals surface area contributed by atoms with Crippen molar-refractivity contribution in [3.63, 3.8) is 0 Å². The third-order valence-corrected chi connectivity index (χ3v) is 5.24. The number of primary amides is 1. The molecule has 7 nitrogen and oxygen atoms in total. The lowest BCUT2D eigenvalue weighted by atomic mass is 9.89. The number of ether oxygens (including phenoxy) is 1. The molecule has 2 aliphatic heterocycles. The van der Waals surface area contributed by atoms with E-state index in [0.29, 0.717) is 11.5 Å². The van der Waals surface area contributed by atoms with Gasteiger partial charge in [-0.1, -0.05) is 0 Å². The number of anilines is 1. The summed E-state index contributed by atoms with van der Waals surface area (Å²) in [6, 6.07) is 1.85. The Balaban J connectivity index is 1.58. The van der Waals surface area contributed by atoms with Gasteiger partial charge in [0.25, 0.3) is 11.8 Å². The Hall–Kier alpha value is -2.15. The topological polar surface area (TPSA) is 88.8 Å². The second-order valence-corrected chi connectivity index (χ2v) is 7.05. The van der Waals surface area contributed by atoms with Crippen molar-refractivity contribution in [2.45, 2.75) is 37.9 Å². The maximum atomic E-state index is 12.1. The Morgan fingerprint density at radius 2 is 1.96 bits per heavy atom. The smallest absolute Gasteiger partial charge is 0.252 e. The van der Waals surface area contributed by atoms with Crippen LogP contribution in [0.25, 0.3) is 0 Å². The molecule has 0 spiro atoms. The first-order chi connectivity index (χ1) is 12.0. The predicted octanol–water partition coefficient (Wildman–Crippen LogP) is 1.03. The summed E-state index contributed by atoms with van der Waals surface area (Å²) < 4.78 is 6.03. The summed E-state index contributed by atoms with van der Waals surface area (Å²) in [6.07, 6.45) is 6.78. The maximum Gasteiger partial charge on any atom is 0.252 e. The van der Waals surface area contributed by atoms with E-state index in [1.54, 1.807) is 25.2 Å². The van der Waals surface area contributed by atoms with Crippen LogP contribution in [0.15, 0.2) is 18.5 Å². The minimum atomic E-state index is -0.450. The highest BCUT2D eigenvalue weighted by molar-refractivity contribution is 5.98. The fourth-order valence-electron chi connectivity index (χ4n) is 3.84. The van der Waals surface area contributed by atoms with Gasteiger partial charge in [-0.15, -0.1) is 0 Å². The van der Waals surface area contributed by atoms with E-state index in [-0.39, 0.29) is 18.1 Å². The lowest BCUT2D eigenvalue weighted by molar-refractivity contribution is -0.141. The van der Waals surface area contributed by atoms with Crippen LogP contribution in [-0.2, 0) is 9.53 Å². The van der Waals surface area contributed by atoms with Crippen LogP contribution >= 0.6 is 0 Å². The largest absolute Gasteiger partial charge is 0.371 e. The summed E-state index contributed by atoms with van der Waals surface area (Å²) in [5, 5.41) is 0. The Bertz CT molecular complexity index is 641. The molecule has 3 rings (SSSR count). The lowest BCUT2D eigenvalue weighted by Crippen LogP contribution is -2.40. The molecule has 3 heterocycles. The van der Waals surface area contributed by atoms with Crippen molar-refractivity contribution in [2.24, 2.45) is 11.7 Å². The first-order valence-electron chi connectivity index (χ1n) is 8.82. The van der Waals surface area contributed by atoms with Gasteiger partial charge in [0.2, 0.25) is 0 Å². The van der Waals surface area contributed by atoms with Crippen LogP contribution in [-0.4, -0.2) is 61.1 Å². The zero-order valence-electron chi connectivity index (χ0n) is 14.9. The van der Waals surface area contributed by atoms with E-state index in [0.717, 1.165) is 44.5 Å². The van der Waals surface area contributed by atoms with Crippen LogP contribution in [0.1, 0.15) is 36.0 Å². The average molecular weight is 346 g/mol. The summed E-state index contributed by atoms with van der Waals surface area (Å²) in [4.78, 5) is 31.4. The van der Waals surface area contributed by atoms with E-state index in [1.165, 1.54) is 6.20 Å². The van der Waals surface area contributed by atoms with Crippen molar-refractivity contribution >= 4 is 17.5 Å². The average Bonchev–Trinajstić information content (AvgIpc) is 3.11. The molecule has 25 heavy (non-hydrogen) atoms. The van der Waals surface area contributed by atoms with Crippen molar-refractivity contribution in [1.29, 1.82) is 0 Å². The lowest BCUT2D eigenvalue weighted by Gasteiger charge is -2.36. The van der Waals surface area contributed by atoms with Gasteiger partial charge in [0.1, 0.15) is 6.10 Å². The van der Waals surface area contributed by atoms with Gasteiger partial charge >= 0.3 is 0 Å². The molecule has 2 atom stereocenters. The number of hydrogen-bond donors (Lipinski definition) is 1. The number of pyridine rings is 1. The molecule has 2 fully saturated rings. The molecule has 0 unspecified atom stereocenters. The summed E-state index contributed by atoms with van der Waals surface area (Å²) in [5.74, 6) is 0.0623. The normalized spacial score (nSPS) is 24.3. The zero-order valence-corrected chi connectivity index (χ0v) is 14.9. The Morgan fingerprint density at radius 1 is 1.24 bits per heavy atom. The number of carbonyl (C=O) groups is 2.